The zero-order valence-corrected chi connectivity index (χ0v) is 13.0. The van der Waals surface area contributed by atoms with Crippen LogP contribution in [-0.4, -0.2) is 60.9 Å². The minimum Gasteiger partial charge on any atom is -0.480 e. The summed E-state index contributed by atoms with van der Waals surface area (Å²) in [5.41, 5.74) is 0.491. The second-order valence-corrected chi connectivity index (χ2v) is 5.53. The third kappa shape index (κ3) is 2.68. The van der Waals surface area contributed by atoms with E-state index in [-0.39, 0.29) is 24.2 Å². The van der Waals surface area contributed by atoms with Gasteiger partial charge in [-0.1, -0.05) is 0 Å². The van der Waals surface area contributed by atoms with Crippen molar-refractivity contribution in [3.8, 4) is 5.88 Å². The molecule has 2 aliphatic rings. The Hall–Kier alpha value is -1.66. The van der Waals surface area contributed by atoms with E-state index in [1.165, 1.54) is 7.11 Å². The highest BCUT2D eigenvalue weighted by molar-refractivity contribution is 5.96. The van der Waals surface area contributed by atoms with Gasteiger partial charge in [0.2, 0.25) is 5.88 Å². The molecule has 6 heteroatoms. The van der Waals surface area contributed by atoms with Crippen molar-refractivity contribution in [2.75, 3.05) is 26.9 Å². The number of pyridine rings is 1. The zero-order valence-electron chi connectivity index (χ0n) is 13.0. The number of amides is 1. The topological polar surface area (TPSA) is 60.9 Å². The molecule has 1 aliphatic heterocycles. The lowest BCUT2D eigenvalue weighted by Gasteiger charge is -2.31. The first-order valence-electron chi connectivity index (χ1n) is 7.79. The van der Waals surface area contributed by atoms with E-state index in [0.29, 0.717) is 31.2 Å². The van der Waals surface area contributed by atoms with Crippen LogP contribution in [0, 0.1) is 0 Å². The number of methoxy groups -OCH3 is 1. The highest BCUT2D eigenvalue weighted by Gasteiger charge is 2.45. The fourth-order valence-corrected chi connectivity index (χ4v) is 3.42. The van der Waals surface area contributed by atoms with Crippen LogP contribution in [0.1, 0.15) is 30.1 Å². The number of nitrogens with zero attached hydrogens (tertiary/aromatic N) is 2. The number of hydrogen-bond acceptors (Lipinski definition) is 5. The lowest BCUT2D eigenvalue weighted by Crippen LogP contribution is -2.46. The Kier molecular flexibility index (Phi) is 4.59. The van der Waals surface area contributed by atoms with Gasteiger partial charge in [0.05, 0.1) is 25.9 Å². The Labute approximate surface area is 130 Å². The van der Waals surface area contributed by atoms with Crippen molar-refractivity contribution in [1.82, 2.24) is 9.88 Å². The maximum Gasteiger partial charge on any atom is 0.259 e. The number of ether oxygens (including phenoxy) is 3. The van der Waals surface area contributed by atoms with E-state index in [0.717, 1.165) is 12.8 Å². The number of fused-ring (bicyclic) bond motifs is 2. The highest BCUT2D eigenvalue weighted by atomic mass is 16.5. The van der Waals surface area contributed by atoms with E-state index in [1.807, 2.05) is 11.8 Å². The molecule has 120 valence electrons. The van der Waals surface area contributed by atoms with Gasteiger partial charge in [0.1, 0.15) is 11.7 Å². The minimum atomic E-state index is -0.0641. The van der Waals surface area contributed by atoms with Gasteiger partial charge in [-0.2, -0.15) is 0 Å². The molecule has 22 heavy (non-hydrogen) atoms. The van der Waals surface area contributed by atoms with Crippen molar-refractivity contribution in [2.45, 2.75) is 38.0 Å². The Morgan fingerprint density at radius 3 is 3.14 bits per heavy atom. The largest absolute Gasteiger partial charge is 0.480 e. The van der Waals surface area contributed by atoms with Gasteiger partial charge >= 0.3 is 0 Å². The van der Waals surface area contributed by atoms with Crippen LogP contribution in [0.4, 0.5) is 0 Å². The standard InChI is InChI=1S/C16H22N2O4/c1-3-21-14-12-6-7-13(14)22-10-9-18(12)16(19)11-5-4-8-17-15(11)20-2/h4-5,8,12-14H,3,6-7,9-10H2,1-2H3/t12-,13-,14-/m1/s1. The van der Waals surface area contributed by atoms with Crippen LogP contribution in [0.15, 0.2) is 18.3 Å². The maximum atomic E-state index is 13.0. The van der Waals surface area contributed by atoms with Gasteiger partial charge in [-0.15, -0.1) is 0 Å². The molecule has 6 nitrogen and oxygen atoms in total. The summed E-state index contributed by atoms with van der Waals surface area (Å²) < 4.78 is 16.9. The molecule has 2 heterocycles. The van der Waals surface area contributed by atoms with Crippen LogP contribution in [-0.2, 0) is 9.47 Å². The van der Waals surface area contributed by atoms with E-state index >= 15 is 0 Å². The first kappa shape index (κ1) is 15.2. The Morgan fingerprint density at radius 1 is 1.50 bits per heavy atom. The van der Waals surface area contributed by atoms with Crippen LogP contribution in [0.3, 0.4) is 0 Å². The van der Waals surface area contributed by atoms with Gasteiger partial charge in [-0.05, 0) is 31.9 Å². The highest BCUT2D eigenvalue weighted by Crippen LogP contribution is 2.33. The molecule has 1 saturated heterocycles. The molecular formula is C16H22N2O4. The van der Waals surface area contributed by atoms with Gasteiger partial charge in [0.15, 0.2) is 0 Å². The monoisotopic (exact) mass is 306 g/mol. The predicted octanol–water partition coefficient (Wildman–Crippen LogP) is 1.50. The molecular weight excluding hydrogens is 284 g/mol. The molecule has 2 fully saturated rings. The number of rotatable bonds is 4. The van der Waals surface area contributed by atoms with E-state index in [9.17, 15) is 4.79 Å². The summed E-state index contributed by atoms with van der Waals surface area (Å²) in [6, 6.07) is 3.56. The molecule has 1 saturated carbocycles. The maximum absolute atomic E-state index is 13.0. The first-order chi connectivity index (χ1) is 10.8. The average Bonchev–Trinajstić information content (AvgIpc) is 2.83. The normalized spacial score (nSPS) is 27.5. The summed E-state index contributed by atoms with van der Waals surface area (Å²) in [4.78, 5) is 19.0. The minimum absolute atomic E-state index is 0.0425. The second kappa shape index (κ2) is 6.62. The fraction of sp³-hybridized carbons (Fsp3) is 0.625. The second-order valence-electron chi connectivity index (χ2n) is 5.53. The lowest BCUT2D eigenvalue weighted by molar-refractivity contribution is -0.0484. The Balaban J connectivity index is 1.87. The van der Waals surface area contributed by atoms with Crippen molar-refractivity contribution in [2.24, 2.45) is 0 Å². The summed E-state index contributed by atoms with van der Waals surface area (Å²) in [5, 5.41) is 0. The quantitative estimate of drug-likeness (QED) is 0.843. The van der Waals surface area contributed by atoms with E-state index in [2.05, 4.69) is 4.98 Å². The third-order valence-corrected chi connectivity index (χ3v) is 4.37. The van der Waals surface area contributed by atoms with E-state index in [1.54, 1.807) is 18.3 Å². The molecule has 2 bridgehead atoms. The number of carbonyl (C=O) groups excluding carboxylic acids is 1. The molecule has 0 radical (unpaired) electrons. The van der Waals surface area contributed by atoms with Crippen LogP contribution in [0.5, 0.6) is 5.88 Å². The SMILES string of the molecule is CCO[C@@H]1[C@H]2CC[C@H]1OCCN2C(=O)c1cccnc1OC. The Bertz CT molecular complexity index is 537. The fourth-order valence-electron chi connectivity index (χ4n) is 3.42. The molecule has 1 aromatic rings. The van der Waals surface area contributed by atoms with Crippen molar-refractivity contribution >= 4 is 5.91 Å². The van der Waals surface area contributed by atoms with Crippen molar-refractivity contribution in [3.63, 3.8) is 0 Å². The predicted molar refractivity (Wildman–Crippen MR) is 80.0 cm³/mol. The van der Waals surface area contributed by atoms with Gasteiger partial charge in [-0.25, -0.2) is 4.98 Å². The number of carbonyl (C=O) groups is 1. The summed E-state index contributed by atoms with van der Waals surface area (Å²) in [7, 11) is 1.53. The molecule has 0 spiro atoms. The molecule has 3 rings (SSSR count). The van der Waals surface area contributed by atoms with Crippen LogP contribution < -0.4 is 4.74 Å². The van der Waals surface area contributed by atoms with Gasteiger partial charge in [-0.3, -0.25) is 4.79 Å². The van der Waals surface area contributed by atoms with Crippen molar-refractivity contribution in [1.29, 1.82) is 0 Å². The molecule has 1 aromatic heterocycles. The first-order valence-corrected chi connectivity index (χ1v) is 7.79. The smallest absolute Gasteiger partial charge is 0.259 e. The van der Waals surface area contributed by atoms with Crippen molar-refractivity contribution < 1.29 is 19.0 Å². The third-order valence-electron chi connectivity index (χ3n) is 4.37. The summed E-state index contributed by atoms with van der Waals surface area (Å²) in [5.74, 6) is 0.297. The average molecular weight is 306 g/mol. The van der Waals surface area contributed by atoms with E-state index in [4.69, 9.17) is 14.2 Å². The molecule has 3 atom stereocenters. The molecule has 0 N–H and O–H groups in total. The zero-order chi connectivity index (χ0) is 15.5. The Morgan fingerprint density at radius 2 is 2.36 bits per heavy atom. The summed E-state index contributed by atoms with van der Waals surface area (Å²) in [6.45, 7) is 3.71. The molecule has 0 aromatic carbocycles. The van der Waals surface area contributed by atoms with Gasteiger partial charge in [0.25, 0.3) is 5.91 Å². The van der Waals surface area contributed by atoms with Crippen molar-refractivity contribution in [3.05, 3.63) is 23.9 Å². The van der Waals surface area contributed by atoms with Crippen LogP contribution >= 0.6 is 0 Å². The molecule has 1 aliphatic carbocycles. The molecule has 1 amide bonds. The molecule has 0 unspecified atom stereocenters. The van der Waals surface area contributed by atoms with Crippen LogP contribution in [0.2, 0.25) is 0 Å². The lowest BCUT2D eigenvalue weighted by atomic mass is 10.1. The van der Waals surface area contributed by atoms with Crippen LogP contribution in [0.25, 0.3) is 0 Å². The summed E-state index contributed by atoms with van der Waals surface area (Å²) in [6.07, 6.45) is 3.51. The number of aromatic nitrogens is 1. The van der Waals surface area contributed by atoms with E-state index < -0.39 is 0 Å². The van der Waals surface area contributed by atoms with Gasteiger partial charge < -0.3 is 19.1 Å². The van der Waals surface area contributed by atoms with Gasteiger partial charge in [0, 0.05) is 19.3 Å². The summed E-state index contributed by atoms with van der Waals surface area (Å²) >= 11 is 0. The number of hydrogen-bond donors (Lipinski definition) is 0.